The van der Waals surface area contributed by atoms with Crippen LogP contribution in [-0.2, 0) is 6.42 Å². The Balaban J connectivity index is 1.72. The first-order valence-electron chi connectivity index (χ1n) is 12.9. The van der Waals surface area contributed by atoms with Crippen LogP contribution in [0.15, 0.2) is 87.0 Å². The first-order valence-corrected chi connectivity index (χ1v) is 13.2. The molecular weight excluding hydrogens is 480 g/mol. The van der Waals surface area contributed by atoms with E-state index >= 15 is 0 Å². The lowest BCUT2D eigenvalue weighted by Gasteiger charge is -2.35. The van der Waals surface area contributed by atoms with Crippen molar-refractivity contribution in [3.8, 4) is 0 Å². The summed E-state index contributed by atoms with van der Waals surface area (Å²) in [7, 11) is 0. The molecule has 0 aliphatic carbocycles. The Bertz CT molecular complexity index is 1520. The maximum absolute atomic E-state index is 14.0. The van der Waals surface area contributed by atoms with Crippen molar-refractivity contribution < 1.29 is 4.42 Å². The Morgan fingerprint density at radius 3 is 2.41 bits per heavy atom. The molecule has 190 valence electrons. The largest absolute Gasteiger partial charge is 0.458 e. The summed E-state index contributed by atoms with van der Waals surface area (Å²) in [4.78, 5) is 21.4. The number of nitrogens with zero attached hydrogens (tertiary/aromatic N) is 2. The maximum Gasteiger partial charge on any atom is 0.196 e. The van der Waals surface area contributed by atoms with E-state index in [1.54, 1.807) is 18.2 Å². The number of benzene rings is 3. The number of rotatable bonds is 6. The van der Waals surface area contributed by atoms with Crippen LogP contribution in [0, 0.1) is 12.8 Å². The second-order valence-electron chi connectivity index (χ2n) is 11.0. The number of halogens is 1. The molecule has 0 radical (unpaired) electrons. The van der Waals surface area contributed by atoms with Crippen molar-refractivity contribution in [2.24, 2.45) is 10.9 Å². The van der Waals surface area contributed by atoms with E-state index < -0.39 is 0 Å². The molecule has 0 fully saturated rings. The van der Waals surface area contributed by atoms with E-state index in [9.17, 15) is 4.79 Å². The standard InChI is InChI=1S/C32H33ClN2O2/c1-20(2)28(35-19-32(4,5)34-31(35)23-13-11-21(3)12-14-23)30-26(17-22-9-7-6-8-10-22)29(36)25-16-15-24(33)18-27(25)37-30/h6-16,18,20,28H,17,19H2,1-5H3. The summed E-state index contributed by atoms with van der Waals surface area (Å²) in [6.07, 6.45) is 0.495. The maximum atomic E-state index is 14.0. The van der Waals surface area contributed by atoms with Crippen LogP contribution in [0.4, 0.5) is 0 Å². The molecule has 1 aliphatic rings. The minimum atomic E-state index is -0.270. The lowest BCUT2D eigenvalue weighted by atomic mass is 9.91. The molecule has 0 bridgehead atoms. The summed E-state index contributed by atoms with van der Waals surface area (Å²) in [5.41, 5.74) is 4.27. The van der Waals surface area contributed by atoms with Gasteiger partial charge in [0, 0.05) is 35.2 Å². The summed E-state index contributed by atoms with van der Waals surface area (Å²) >= 11 is 6.32. The van der Waals surface area contributed by atoms with Gasteiger partial charge in [-0.3, -0.25) is 9.79 Å². The third-order valence-corrected chi connectivity index (χ3v) is 7.22. The normalized spacial score (nSPS) is 15.9. The third kappa shape index (κ3) is 5.08. The SMILES string of the molecule is Cc1ccc(C2=NC(C)(C)CN2C(c2oc3cc(Cl)ccc3c(=O)c2Cc2ccccc2)C(C)C)cc1. The molecule has 1 aliphatic heterocycles. The Labute approximate surface area is 223 Å². The summed E-state index contributed by atoms with van der Waals surface area (Å²) in [6, 6.07) is 23.7. The lowest BCUT2D eigenvalue weighted by molar-refractivity contribution is 0.210. The summed E-state index contributed by atoms with van der Waals surface area (Å²) in [5.74, 6) is 1.78. The Morgan fingerprint density at radius 2 is 1.73 bits per heavy atom. The molecule has 4 aromatic rings. The number of hydrogen-bond donors (Lipinski definition) is 0. The molecule has 1 unspecified atom stereocenters. The molecule has 0 saturated heterocycles. The highest BCUT2D eigenvalue weighted by Gasteiger charge is 2.40. The van der Waals surface area contributed by atoms with Crippen LogP contribution in [0.2, 0.25) is 5.02 Å². The minimum absolute atomic E-state index is 0.00491. The quantitative estimate of drug-likeness (QED) is 0.267. The van der Waals surface area contributed by atoms with Gasteiger partial charge in [0.2, 0.25) is 0 Å². The van der Waals surface area contributed by atoms with Crippen molar-refractivity contribution in [3.05, 3.63) is 116 Å². The van der Waals surface area contributed by atoms with Crippen LogP contribution in [-0.4, -0.2) is 22.8 Å². The van der Waals surface area contributed by atoms with Crippen molar-refractivity contribution in [3.63, 3.8) is 0 Å². The fraction of sp³-hybridized carbons (Fsp3) is 0.312. The molecular formula is C32H33ClN2O2. The fourth-order valence-electron chi connectivity index (χ4n) is 5.27. The summed E-state index contributed by atoms with van der Waals surface area (Å²) < 4.78 is 6.65. The molecule has 4 nitrogen and oxygen atoms in total. The van der Waals surface area contributed by atoms with Gasteiger partial charge < -0.3 is 9.32 Å². The molecule has 0 spiro atoms. The van der Waals surface area contributed by atoms with Gasteiger partial charge in [-0.05, 0) is 44.4 Å². The topological polar surface area (TPSA) is 45.8 Å². The highest BCUT2D eigenvalue weighted by molar-refractivity contribution is 6.31. The number of fused-ring (bicyclic) bond motifs is 1. The van der Waals surface area contributed by atoms with Gasteiger partial charge in [0.25, 0.3) is 0 Å². The van der Waals surface area contributed by atoms with Crippen molar-refractivity contribution in [2.75, 3.05) is 6.54 Å². The minimum Gasteiger partial charge on any atom is -0.458 e. The van der Waals surface area contributed by atoms with E-state index in [1.165, 1.54) is 5.56 Å². The molecule has 1 aromatic heterocycles. The zero-order valence-electron chi connectivity index (χ0n) is 22.1. The summed E-state index contributed by atoms with van der Waals surface area (Å²) in [5, 5.41) is 1.10. The van der Waals surface area contributed by atoms with Crippen molar-refractivity contribution in [2.45, 2.75) is 52.6 Å². The first kappa shape index (κ1) is 25.3. The molecule has 5 rings (SSSR count). The van der Waals surface area contributed by atoms with Crippen LogP contribution in [0.25, 0.3) is 11.0 Å². The Kier molecular flexibility index (Phi) is 6.72. The highest BCUT2D eigenvalue weighted by Crippen LogP contribution is 2.38. The van der Waals surface area contributed by atoms with E-state index in [1.807, 2.05) is 18.2 Å². The Morgan fingerprint density at radius 1 is 1.03 bits per heavy atom. The van der Waals surface area contributed by atoms with Crippen LogP contribution in [0.1, 0.15) is 61.8 Å². The molecule has 37 heavy (non-hydrogen) atoms. The van der Waals surface area contributed by atoms with Gasteiger partial charge in [-0.2, -0.15) is 0 Å². The lowest BCUT2D eigenvalue weighted by Crippen LogP contribution is -2.39. The first-order chi connectivity index (χ1) is 17.6. The molecule has 3 aromatic carbocycles. The van der Waals surface area contributed by atoms with E-state index in [4.69, 9.17) is 21.0 Å². The van der Waals surface area contributed by atoms with Gasteiger partial charge in [-0.1, -0.05) is 85.6 Å². The predicted molar refractivity (Wildman–Crippen MR) is 153 cm³/mol. The molecule has 2 heterocycles. The van der Waals surface area contributed by atoms with Crippen LogP contribution >= 0.6 is 11.6 Å². The molecule has 1 atom stereocenters. The third-order valence-electron chi connectivity index (χ3n) is 6.99. The number of hydrogen-bond acceptors (Lipinski definition) is 4. The zero-order chi connectivity index (χ0) is 26.3. The predicted octanol–water partition coefficient (Wildman–Crippen LogP) is 7.58. The second kappa shape index (κ2) is 9.83. The number of amidine groups is 1. The van der Waals surface area contributed by atoms with Gasteiger partial charge in [0.05, 0.1) is 17.0 Å². The molecule has 5 heteroatoms. The highest BCUT2D eigenvalue weighted by atomic mass is 35.5. The molecule has 0 saturated carbocycles. The number of aryl methyl sites for hydroxylation is 1. The fourth-order valence-corrected chi connectivity index (χ4v) is 5.44. The Hall–Kier alpha value is -3.37. The van der Waals surface area contributed by atoms with Gasteiger partial charge >= 0.3 is 0 Å². The van der Waals surface area contributed by atoms with E-state index in [0.717, 1.165) is 23.5 Å². The van der Waals surface area contributed by atoms with Crippen LogP contribution < -0.4 is 5.43 Å². The van der Waals surface area contributed by atoms with E-state index in [0.29, 0.717) is 33.7 Å². The van der Waals surface area contributed by atoms with Crippen molar-refractivity contribution in [1.82, 2.24) is 4.90 Å². The average molecular weight is 513 g/mol. The summed E-state index contributed by atoms with van der Waals surface area (Å²) in [6.45, 7) is 11.5. The van der Waals surface area contributed by atoms with Crippen molar-refractivity contribution >= 4 is 28.4 Å². The monoisotopic (exact) mass is 512 g/mol. The van der Waals surface area contributed by atoms with Gasteiger partial charge in [-0.25, -0.2) is 0 Å². The van der Waals surface area contributed by atoms with E-state index in [-0.39, 0.29) is 22.9 Å². The van der Waals surface area contributed by atoms with Crippen LogP contribution in [0.5, 0.6) is 0 Å². The second-order valence-corrected chi connectivity index (χ2v) is 11.4. The van der Waals surface area contributed by atoms with Crippen LogP contribution in [0.3, 0.4) is 0 Å². The van der Waals surface area contributed by atoms with Gasteiger partial charge in [0.15, 0.2) is 5.43 Å². The smallest absolute Gasteiger partial charge is 0.196 e. The number of aliphatic imine (C=N–C) groups is 1. The van der Waals surface area contributed by atoms with Gasteiger partial charge in [0.1, 0.15) is 17.2 Å². The van der Waals surface area contributed by atoms with E-state index in [2.05, 4.69) is 75.9 Å². The van der Waals surface area contributed by atoms with Gasteiger partial charge in [-0.15, -0.1) is 0 Å². The zero-order valence-corrected chi connectivity index (χ0v) is 22.8. The molecule has 0 N–H and O–H groups in total. The molecule has 0 amide bonds. The average Bonchev–Trinajstić information content (AvgIpc) is 3.17. The van der Waals surface area contributed by atoms with Crippen molar-refractivity contribution in [1.29, 1.82) is 0 Å².